The molecule has 1 saturated heterocycles. The quantitative estimate of drug-likeness (QED) is 0.194. The van der Waals surface area contributed by atoms with Crippen LogP contribution < -0.4 is 0 Å². The molecule has 1 heterocycles. The normalized spacial score (nSPS) is 41.2. The third kappa shape index (κ3) is 7.38. The van der Waals surface area contributed by atoms with Crippen LogP contribution in [0, 0.1) is 40.4 Å². The van der Waals surface area contributed by atoms with Crippen molar-refractivity contribution in [1.29, 1.82) is 0 Å². The van der Waals surface area contributed by atoms with Gasteiger partial charge in [-0.05, 0) is 92.3 Å². The Bertz CT molecular complexity index is 1310. The van der Waals surface area contributed by atoms with E-state index in [9.17, 15) is 28.8 Å². The second-order valence-corrected chi connectivity index (χ2v) is 15.3. The van der Waals surface area contributed by atoms with Gasteiger partial charge in [-0.25, -0.2) is 4.79 Å². The number of fused-ring (bicyclic) bond motifs is 5. The van der Waals surface area contributed by atoms with Crippen LogP contribution in [-0.4, -0.2) is 86.2 Å². The number of methoxy groups -OCH3 is 1. The molecule has 5 fully saturated rings. The zero-order valence-corrected chi connectivity index (χ0v) is 29.7. The van der Waals surface area contributed by atoms with Crippen molar-refractivity contribution in [3.8, 4) is 0 Å². The highest BCUT2D eigenvalue weighted by molar-refractivity contribution is 5.85. The standard InChI is InChI=1S/C36H52O13/c1-18(37)44-17-28(41)27-11-10-25-24-9-8-22-16-23(12-14-35(22,5)26(24)13-15-36(25,27)6)48-34-32(47-21(4)40)30(46-20(3)39)29(45-19(2)38)31(49-34)33(42)43-7/h22-27,29-32,34H,8-17H2,1-7H3. The van der Waals surface area contributed by atoms with Crippen LogP contribution in [-0.2, 0) is 61.9 Å². The van der Waals surface area contributed by atoms with Crippen LogP contribution in [0.15, 0.2) is 0 Å². The molecule has 5 aliphatic rings. The minimum atomic E-state index is -1.49. The Hall–Kier alpha value is -3.06. The maximum Gasteiger partial charge on any atom is 0.339 e. The number of ether oxygens (including phenoxy) is 7. The lowest BCUT2D eigenvalue weighted by atomic mass is 9.44. The van der Waals surface area contributed by atoms with Crippen molar-refractivity contribution < 1.29 is 61.9 Å². The first kappa shape index (κ1) is 37.2. The predicted molar refractivity (Wildman–Crippen MR) is 169 cm³/mol. The SMILES string of the molecule is COC(=O)C1OC(OC2CCC3(C)C(CCC4C3CCC3(C)C(C(=O)COC(C)=O)CCC43)C2)C(OC(C)=O)C(OC(C)=O)C1OC(C)=O. The molecule has 13 unspecified atom stereocenters. The molecule has 13 nitrogen and oxygen atoms in total. The molecule has 0 aromatic rings. The number of ketones is 1. The van der Waals surface area contributed by atoms with Crippen LogP contribution in [0.2, 0.25) is 0 Å². The third-order valence-corrected chi connectivity index (χ3v) is 12.6. The maximum absolute atomic E-state index is 13.2. The lowest BCUT2D eigenvalue weighted by molar-refractivity contribution is -0.315. The Morgan fingerprint density at radius 2 is 1.31 bits per heavy atom. The Kier molecular flexibility index (Phi) is 11.1. The highest BCUT2D eigenvalue weighted by Gasteiger charge is 2.62. The Labute approximate surface area is 287 Å². The second-order valence-electron chi connectivity index (χ2n) is 15.3. The van der Waals surface area contributed by atoms with E-state index in [0.717, 1.165) is 72.3 Å². The molecule has 1 aliphatic heterocycles. The number of Topliss-reactive ketones (excluding diaryl/α,β-unsaturated/α-hetero) is 1. The van der Waals surface area contributed by atoms with E-state index >= 15 is 0 Å². The first-order chi connectivity index (χ1) is 23.1. The molecule has 0 aromatic carbocycles. The molecular formula is C36H52O13. The number of carbonyl (C=O) groups excluding carboxylic acids is 6. The van der Waals surface area contributed by atoms with Gasteiger partial charge in [-0.2, -0.15) is 0 Å². The van der Waals surface area contributed by atoms with Gasteiger partial charge in [0.25, 0.3) is 0 Å². The number of esters is 5. The smallest absolute Gasteiger partial charge is 0.339 e. The minimum absolute atomic E-state index is 0.0396. The molecule has 0 amide bonds. The Morgan fingerprint density at radius 3 is 1.94 bits per heavy atom. The molecule has 0 N–H and O–H groups in total. The van der Waals surface area contributed by atoms with Gasteiger partial charge < -0.3 is 33.2 Å². The van der Waals surface area contributed by atoms with Crippen LogP contribution in [0.25, 0.3) is 0 Å². The third-order valence-electron chi connectivity index (χ3n) is 12.6. The van der Waals surface area contributed by atoms with Gasteiger partial charge in [-0.1, -0.05) is 13.8 Å². The van der Waals surface area contributed by atoms with Gasteiger partial charge in [-0.15, -0.1) is 0 Å². The van der Waals surface area contributed by atoms with Crippen LogP contribution in [0.3, 0.4) is 0 Å². The fourth-order valence-corrected chi connectivity index (χ4v) is 10.5. The predicted octanol–water partition coefficient (Wildman–Crippen LogP) is 3.86. The largest absolute Gasteiger partial charge is 0.467 e. The summed E-state index contributed by atoms with van der Waals surface area (Å²) in [6.07, 6.45) is 1.01. The molecule has 0 bridgehead atoms. The summed E-state index contributed by atoms with van der Waals surface area (Å²) in [4.78, 5) is 73.8. The van der Waals surface area contributed by atoms with Gasteiger partial charge in [0.1, 0.15) is 6.61 Å². The number of hydrogen-bond acceptors (Lipinski definition) is 13. The van der Waals surface area contributed by atoms with E-state index in [2.05, 4.69) is 13.8 Å². The van der Waals surface area contributed by atoms with Crippen molar-refractivity contribution in [1.82, 2.24) is 0 Å². The lowest BCUT2D eigenvalue weighted by Crippen LogP contribution is -2.64. The molecule has 5 rings (SSSR count). The second kappa shape index (κ2) is 14.7. The van der Waals surface area contributed by atoms with Crippen LogP contribution in [0.4, 0.5) is 0 Å². The number of hydrogen-bond donors (Lipinski definition) is 0. The summed E-state index contributed by atoms with van der Waals surface area (Å²) in [5.74, 6) is -1.71. The fourth-order valence-electron chi connectivity index (χ4n) is 10.5. The molecule has 0 aromatic heterocycles. The van der Waals surface area contributed by atoms with Crippen molar-refractivity contribution in [2.45, 2.75) is 136 Å². The zero-order valence-electron chi connectivity index (χ0n) is 29.7. The van der Waals surface area contributed by atoms with Crippen LogP contribution in [0.1, 0.15) is 99.3 Å². The zero-order chi connectivity index (χ0) is 35.8. The van der Waals surface area contributed by atoms with Gasteiger partial charge in [0.15, 0.2) is 36.5 Å². The van der Waals surface area contributed by atoms with Gasteiger partial charge >= 0.3 is 29.8 Å². The average Bonchev–Trinajstić information content (AvgIpc) is 3.39. The number of rotatable bonds is 9. The van der Waals surface area contributed by atoms with Crippen molar-refractivity contribution in [2.24, 2.45) is 40.4 Å². The molecule has 0 radical (unpaired) electrons. The van der Waals surface area contributed by atoms with Gasteiger partial charge in [0.05, 0.1) is 13.2 Å². The lowest BCUT2D eigenvalue weighted by Gasteiger charge is -2.61. The summed E-state index contributed by atoms with van der Waals surface area (Å²) < 4.78 is 39.0. The molecule has 4 saturated carbocycles. The van der Waals surface area contributed by atoms with Gasteiger partial charge in [0.2, 0.25) is 0 Å². The van der Waals surface area contributed by atoms with E-state index in [0.29, 0.717) is 30.1 Å². The summed E-state index contributed by atoms with van der Waals surface area (Å²) in [7, 11) is 1.16. The highest BCUT2D eigenvalue weighted by atomic mass is 16.7. The van der Waals surface area contributed by atoms with E-state index in [-0.39, 0.29) is 35.2 Å². The molecule has 13 atom stereocenters. The Balaban J connectivity index is 1.31. The van der Waals surface area contributed by atoms with Crippen LogP contribution in [0.5, 0.6) is 0 Å². The summed E-state index contributed by atoms with van der Waals surface area (Å²) in [5, 5.41) is 0. The van der Waals surface area contributed by atoms with Crippen molar-refractivity contribution >= 4 is 35.6 Å². The summed E-state index contributed by atoms with van der Waals surface area (Å²) in [6, 6.07) is 0. The molecule has 13 heteroatoms. The summed E-state index contributed by atoms with van der Waals surface area (Å²) in [6.45, 7) is 9.35. The van der Waals surface area contributed by atoms with Crippen LogP contribution >= 0.6 is 0 Å². The molecular weight excluding hydrogens is 640 g/mol. The topological polar surface area (TPSA) is 167 Å². The van der Waals surface area contributed by atoms with Crippen molar-refractivity contribution in [3.63, 3.8) is 0 Å². The van der Waals surface area contributed by atoms with Crippen molar-refractivity contribution in [2.75, 3.05) is 13.7 Å². The highest BCUT2D eigenvalue weighted by Crippen LogP contribution is 2.67. The van der Waals surface area contributed by atoms with E-state index in [1.807, 2.05) is 0 Å². The maximum atomic E-state index is 13.2. The fraction of sp³-hybridized carbons (Fsp3) is 0.833. The monoisotopic (exact) mass is 692 g/mol. The molecule has 4 aliphatic carbocycles. The first-order valence-corrected chi connectivity index (χ1v) is 17.7. The van der Waals surface area contributed by atoms with E-state index in [1.165, 1.54) is 13.8 Å². The average molecular weight is 693 g/mol. The summed E-state index contributed by atoms with van der Waals surface area (Å²) in [5.41, 5.74) is -0.0213. The molecule has 0 spiro atoms. The summed E-state index contributed by atoms with van der Waals surface area (Å²) >= 11 is 0. The first-order valence-electron chi connectivity index (χ1n) is 17.7. The number of carbonyl (C=O) groups is 6. The van der Waals surface area contributed by atoms with Gasteiger partial charge in [0, 0.05) is 33.6 Å². The van der Waals surface area contributed by atoms with Gasteiger partial charge in [-0.3, -0.25) is 24.0 Å². The Morgan fingerprint density at radius 1 is 0.694 bits per heavy atom. The minimum Gasteiger partial charge on any atom is -0.467 e. The van der Waals surface area contributed by atoms with E-state index < -0.39 is 60.6 Å². The molecule has 49 heavy (non-hydrogen) atoms. The van der Waals surface area contributed by atoms with E-state index in [4.69, 9.17) is 33.2 Å². The van der Waals surface area contributed by atoms with Crippen molar-refractivity contribution in [3.05, 3.63) is 0 Å². The van der Waals surface area contributed by atoms with E-state index in [1.54, 1.807) is 0 Å². The molecule has 274 valence electrons.